The third-order valence-corrected chi connectivity index (χ3v) is 2.63. The minimum absolute atomic E-state index is 0.669. The van der Waals surface area contributed by atoms with E-state index in [9.17, 15) is 0 Å². The summed E-state index contributed by atoms with van der Waals surface area (Å²) in [5, 5.41) is 1.29. The van der Waals surface area contributed by atoms with Crippen LogP contribution in [0, 0.1) is 0 Å². The molecule has 0 aliphatic carbocycles. The lowest BCUT2D eigenvalue weighted by molar-refractivity contribution is 0.185. The summed E-state index contributed by atoms with van der Waals surface area (Å²) in [6.07, 6.45) is 2.08. The first kappa shape index (κ1) is 15.5. The van der Waals surface area contributed by atoms with E-state index in [1.165, 1.54) is 22.0 Å². The molecule has 0 unspecified atom stereocenters. The van der Waals surface area contributed by atoms with Crippen molar-refractivity contribution in [2.75, 3.05) is 26.1 Å². The molecule has 1 aromatic heterocycles. The van der Waals surface area contributed by atoms with Gasteiger partial charge >= 0.3 is 0 Å². The van der Waals surface area contributed by atoms with Gasteiger partial charge in [-0.25, -0.2) is 0 Å². The van der Waals surface area contributed by atoms with Gasteiger partial charge in [-0.2, -0.15) is 0 Å². The number of alkyl halides is 1. The number of nitrogens with one attached hydrogen (secondary N) is 1. The highest BCUT2D eigenvalue weighted by Gasteiger charge is 2.05. The monoisotopic (exact) mass is 360 g/mol. The van der Waals surface area contributed by atoms with E-state index in [0.717, 1.165) is 6.54 Å². The number of H-pyrrole nitrogens is 1. The summed E-state index contributed by atoms with van der Waals surface area (Å²) >= 11 is 2.15. The van der Waals surface area contributed by atoms with Crippen molar-refractivity contribution in [2.45, 2.75) is 13.2 Å². The maximum atomic E-state index is 5.15. The van der Waals surface area contributed by atoms with E-state index in [1.54, 1.807) is 7.11 Å². The zero-order valence-electron chi connectivity index (χ0n) is 11.5. The number of benzene rings is 1. The average Bonchev–Trinajstić information content (AvgIpc) is 2.74. The number of aromatic nitrogens is 1. The van der Waals surface area contributed by atoms with Gasteiger partial charge in [0.25, 0.3) is 0 Å². The molecular weight excluding hydrogens is 339 g/mol. The molecule has 0 radical (unpaired) electrons. The molecule has 0 aliphatic heterocycles. The Morgan fingerprint density at radius 2 is 2.00 bits per heavy atom. The standard InChI is InChI=1S/C13H18N2O.CH3I/c1-15(2)8-11-7-14-13-5-4-10(9-16-3)6-12(11)13;1-2/h4-7,14H,8-9H2,1-3H3;1H3. The summed E-state index contributed by atoms with van der Waals surface area (Å²) in [5.74, 6) is 0. The molecule has 0 aliphatic rings. The lowest BCUT2D eigenvalue weighted by Crippen LogP contribution is -2.10. The molecule has 0 fully saturated rings. The SMILES string of the molecule is CI.COCc1ccc2[nH]cc(CN(C)C)c2c1. The first-order valence-corrected chi connectivity index (χ1v) is 7.97. The van der Waals surface area contributed by atoms with Crippen molar-refractivity contribution in [2.24, 2.45) is 0 Å². The van der Waals surface area contributed by atoms with Crippen LogP contribution in [0.1, 0.15) is 11.1 Å². The normalized spacial score (nSPS) is 10.6. The highest BCUT2D eigenvalue weighted by molar-refractivity contribution is 14.1. The number of nitrogens with zero attached hydrogens (tertiary/aromatic N) is 1. The maximum absolute atomic E-state index is 5.15. The molecule has 0 atom stereocenters. The van der Waals surface area contributed by atoms with Crippen LogP contribution >= 0.6 is 22.6 Å². The fraction of sp³-hybridized carbons (Fsp3) is 0.429. The van der Waals surface area contributed by atoms with E-state index in [1.807, 2.05) is 4.93 Å². The summed E-state index contributed by atoms with van der Waals surface area (Å²) in [5.41, 5.74) is 3.74. The van der Waals surface area contributed by atoms with Gasteiger partial charge < -0.3 is 14.6 Å². The average molecular weight is 360 g/mol. The van der Waals surface area contributed by atoms with Gasteiger partial charge in [-0.3, -0.25) is 0 Å². The minimum Gasteiger partial charge on any atom is -0.380 e. The second-order valence-electron chi connectivity index (χ2n) is 4.36. The van der Waals surface area contributed by atoms with Crippen LogP contribution in [0.15, 0.2) is 24.4 Å². The predicted molar refractivity (Wildman–Crippen MR) is 86.3 cm³/mol. The van der Waals surface area contributed by atoms with Crippen molar-refractivity contribution in [1.29, 1.82) is 0 Å². The number of fused-ring (bicyclic) bond motifs is 1. The molecular formula is C14H21IN2O. The summed E-state index contributed by atoms with van der Waals surface area (Å²) in [6, 6.07) is 6.42. The summed E-state index contributed by atoms with van der Waals surface area (Å²) in [4.78, 5) is 7.44. The van der Waals surface area contributed by atoms with Gasteiger partial charge in [0.2, 0.25) is 0 Å². The predicted octanol–water partition coefficient (Wildman–Crippen LogP) is 3.43. The first-order valence-electron chi connectivity index (χ1n) is 5.81. The highest BCUT2D eigenvalue weighted by atomic mass is 127. The highest BCUT2D eigenvalue weighted by Crippen LogP contribution is 2.21. The third kappa shape index (κ3) is 3.96. The molecule has 18 heavy (non-hydrogen) atoms. The van der Waals surface area contributed by atoms with Crippen LogP contribution in [0.25, 0.3) is 10.9 Å². The van der Waals surface area contributed by atoms with Crippen molar-refractivity contribution < 1.29 is 4.74 Å². The number of ether oxygens (including phenoxy) is 1. The fourth-order valence-corrected chi connectivity index (χ4v) is 1.95. The van der Waals surface area contributed by atoms with Crippen molar-refractivity contribution in [3.8, 4) is 0 Å². The molecule has 2 aromatic rings. The molecule has 0 saturated carbocycles. The molecule has 1 heterocycles. The molecule has 1 aromatic carbocycles. The Morgan fingerprint density at radius 1 is 1.28 bits per heavy atom. The van der Waals surface area contributed by atoms with E-state index < -0.39 is 0 Å². The number of methoxy groups -OCH3 is 1. The van der Waals surface area contributed by atoms with Gasteiger partial charge in [0, 0.05) is 30.8 Å². The lowest BCUT2D eigenvalue weighted by atomic mass is 10.1. The van der Waals surface area contributed by atoms with Crippen LogP contribution in [0.5, 0.6) is 0 Å². The van der Waals surface area contributed by atoms with E-state index >= 15 is 0 Å². The molecule has 3 nitrogen and oxygen atoms in total. The van der Waals surface area contributed by atoms with Crippen LogP contribution < -0.4 is 0 Å². The molecule has 0 amide bonds. The summed E-state index contributed by atoms with van der Waals surface area (Å²) in [7, 11) is 5.89. The second kappa shape index (κ2) is 7.76. The number of hydrogen-bond donors (Lipinski definition) is 1. The Balaban J connectivity index is 0.000000771. The Bertz CT molecular complexity index is 480. The molecule has 2 rings (SSSR count). The second-order valence-corrected chi connectivity index (χ2v) is 4.36. The van der Waals surface area contributed by atoms with Crippen LogP contribution in [-0.4, -0.2) is 36.0 Å². The quantitative estimate of drug-likeness (QED) is 0.669. The third-order valence-electron chi connectivity index (χ3n) is 2.63. The minimum atomic E-state index is 0.669. The smallest absolute Gasteiger partial charge is 0.0713 e. The van der Waals surface area contributed by atoms with Crippen LogP contribution in [0.2, 0.25) is 0 Å². The topological polar surface area (TPSA) is 28.3 Å². The van der Waals surface area contributed by atoms with Crippen LogP contribution in [-0.2, 0) is 17.9 Å². The summed E-state index contributed by atoms with van der Waals surface area (Å²) < 4.78 is 5.15. The Morgan fingerprint density at radius 3 is 2.61 bits per heavy atom. The van der Waals surface area contributed by atoms with Crippen molar-refractivity contribution in [3.05, 3.63) is 35.5 Å². The lowest BCUT2D eigenvalue weighted by Gasteiger charge is -2.08. The van der Waals surface area contributed by atoms with Gasteiger partial charge in [-0.05, 0) is 42.3 Å². The summed E-state index contributed by atoms with van der Waals surface area (Å²) in [6.45, 7) is 1.62. The van der Waals surface area contributed by atoms with Gasteiger partial charge in [0.1, 0.15) is 0 Å². The molecule has 0 bridgehead atoms. The Labute approximate surface area is 123 Å². The Hall–Kier alpha value is -0.590. The maximum Gasteiger partial charge on any atom is 0.0713 e. The van der Waals surface area contributed by atoms with E-state index in [4.69, 9.17) is 4.74 Å². The van der Waals surface area contributed by atoms with Gasteiger partial charge in [-0.15, -0.1) is 0 Å². The molecule has 1 N–H and O–H groups in total. The molecule has 100 valence electrons. The van der Waals surface area contributed by atoms with E-state index in [2.05, 4.69) is 71.0 Å². The number of halogens is 1. The van der Waals surface area contributed by atoms with E-state index in [0.29, 0.717) is 6.61 Å². The van der Waals surface area contributed by atoms with Gasteiger partial charge in [0.05, 0.1) is 6.61 Å². The first-order chi connectivity index (χ1) is 8.70. The fourth-order valence-electron chi connectivity index (χ4n) is 1.95. The number of rotatable bonds is 4. The largest absolute Gasteiger partial charge is 0.380 e. The molecule has 0 saturated heterocycles. The van der Waals surface area contributed by atoms with Crippen molar-refractivity contribution >= 4 is 33.5 Å². The van der Waals surface area contributed by atoms with Crippen LogP contribution in [0.3, 0.4) is 0 Å². The van der Waals surface area contributed by atoms with Crippen molar-refractivity contribution in [3.63, 3.8) is 0 Å². The molecule has 0 spiro atoms. The molecule has 4 heteroatoms. The van der Waals surface area contributed by atoms with Crippen molar-refractivity contribution in [1.82, 2.24) is 9.88 Å². The Kier molecular flexibility index (Phi) is 6.67. The zero-order chi connectivity index (χ0) is 13.5. The van der Waals surface area contributed by atoms with Gasteiger partial charge in [0.15, 0.2) is 0 Å². The van der Waals surface area contributed by atoms with Crippen LogP contribution in [0.4, 0.5) is 0 Å². The number of aromatic amines is 1. The zero-order valence-corrected chi connectivity index (χ0v) is 13.6. The van der Waals surface area contributed by atoms with E-state index in [-0.39, 0.29) is 0 Å². The number of hydrogen-bond acceptors (Lipinski definition) is 2. The van der Waals surface area contributed by atoms with Gasteiger partial charge in [-0.1, -0.05) is 28.7 Å².